The average molecular weight is 291 g/mol. The molecule has 0 radical (unpaired) electrons. The second-order valence-corrected chi connectivity index (χ2v) is 5.47. The van der Waals surface area contributed by atoms with Crippen LogP contribution in [-0.4, -0.2) is 61.6 Å². The predicted octanol–water partition coefficient (Wildman–Crippen LogP) is 0.695. The van der Waals surface area contributed by atoms with E-state index in [9.17, 15) is 4.79 Å². The minimum atomic E-state index is -0.439. The summed E-state index contributed by atoms with van der Waals surface area (Å²) in [6.07, 6.45) is 0.583. The first-order valence-electron chi connectivity index (χ1n) is 7.50. The molecule has 1 aliphatic rings. The van der Waals surface area contributed by atoms with Crippen LogP contribution in [0.2, 0.25) is 0 Å². The Morgan fingerprint density at radius 2 is 1.90 bits per heavy atom. The second-order valence-electron chi connectivity index (χ2n) is 5.47. The van der Waals surface area contributed by atoms with Crippen molar-refractivity contribution in [3.63, 3.8) is 0 Å². The van der Waals surface area contributed by atoms with Gasteiger partial charge in [0.2, 0.25) is 5.91 Å². The van der Waals surface area contributed by atoms with Crippen LogP contribution in [0, 0.1) is 0 Å². The zero-order chi connectivity index (χ0) is 15.1. The molecule has 1 heterocycles. The van der Waals surface area contributed by atoms with Gasteiger partial charge in [-0.05, 0) is 12.0 Å². The quantitative estimate of drug-likeness (QED) is 0.838. The van der Waals surface area contributed by atoms with Gasteiger partial charge in [0.15, 0.2) is 0 Å². The van der Waals surface area contributed by atoms with E-state index in [1.165, 1.54) is 5.56 Å². The summed E-state index contributed by atoms with van der Waals surface area (Å²) in [5.74, 6) is 0.0476. The number of rotatable bonds is 6. The third kappa shape index (κ3) is 4.81. The highest BCUT2D eigenvalue weighted by molar-refractivity contribution is 5.81. The van der Waals surface area contributed by atoms with Crippen LogP contribution in [0.1, 0.15) is 12.0 Å². The van der Waals surface area contributed by atoms with Crippen molar-refractivity contribution in [2.75, 3.05) is 39.9 Å². The van der Waals surface area contributed by atoms with Crippen molar-refractivity contribution >= 4 is 5.91 Å². The van der Waals surface area contributed by atoms with E-state index >= 15 is 0 Å². The molecule has 1 saturated heterocycles. The monoisotopic (exact) mass is 291 g/mol. The van der Waals surface area contributed by atoms with Crippen LogP contribution >= 0.6 is 0 Å². The summed E-state index contributed by atoms with van der Waals surface area (Å²) < 4.78 is 4.97. The summed E-state index contributed by atoms with van der Waals surface area (Å²) in [6.45, 7) is 4.79. The van der Waals surface area contributed by atoms with E-state index in [0.29, 0.717) is 13.0 Å². The van der Waals surface area contributed by atoms with Crippen molar-refractivity contribution in [2.45, 2.75) is 19.0 Å². The van der Waals surface area contributed by atoms with Crippen LogP contribution in [0.4, 0.5) is 0 Å². The van der Waals surface area contributed by atoms with Gasteiger partial charge in [-0.2, -0.15) is 0 Å². The lowest BCUT2D eigenvalue weighted by Gasteiger charge is -2.35. The molecule has 0 spiro atoms. The number of carbonyl (C=O) groups is 1. The lowest BCUT2D eigenvalue weighted by molar-refractivity contribution is -0.134. The fourth-order valence-electron chi connectivity index (χ4n) is 2.57. The third-order valence-corrected chi connectivity index (χ3v) is 3.88. The molecule has 1 aromatic carbocycles. The molecule has 1 amide bonds. The Balaban J connectivity index is 1.76. The molecule has 5 nitrogen and oxygen atoms in total. The summed E-state index contributed by atoms with van der Waals surface area (Å²) in [6, 6.07) is 9.98. The molecule has 1 aromatic rings. The zero-order valence-electron chi connectivity index (χ0n) is 12.7. The molecule has 0 bridgehead atoms. The smallest absolute Gasteiger partial charge is 0.239 e. The van der Waals surface area contributed by atoms with Crippen molar-refractivity contribution in [2.24, 2.45) is 5.73 Å². The second kappa shape index (κ2) is 8.12. The number of benzene rings is 1. The topological polar surface area (TPSA) is 58.8 Å². The van der Waals surface area contributed by atoms with E-state index in [4.69, 9.17) is 10.5 Å². The molecule has 5 heteroatoms. The predicted molar refractivity (Wildman–Crippen MR) is 82.8 cm³/mol. The van der Waals surface area contributed by atoms with Crippen molar-refractivity contribution in [3.05, 3.63) is 35.9 Å². The number of piperazine rings is 1. The first-order valence-corrected chi connectivity index (χ1v) is 7.50. The maximum atomic E-state index is 12.2. The maximum Gasteiger partial charge on any atom is 0.239 e. The van der Waals surface area contributed by atoms with Gasteiger partial charge in [0.25, 0.3) is 0 Å². The zero-order valence-corrected chi connectivity index (χ0v) is 12.7. The molecule has 2 rings (SSSR count). The molecule has 1 fully saturated rings. The van der Waals surface area contributed by atoms with Crippen LogP contribution in [-0.2, 0) is 16.1 Å². The van der Waals surface area contributed by atoms with Gasteiger partial charge in [-0.15, -0.1) is 0 Å². The van der Waals surface area contributed by atoms with E-state index in [1.807, 2.05) is 11.0 Å². The fraction of sp³-hybridized carbons (Fsp3) is 0.562. The number of amides is 1. The van der Waals surface area contributed by atoms with Gasteiger partial charge in [0.05, 0.1) is 6.04 Å². The van der Waals surface area contributed by atoms with Gasteiger partial charge in [-0.3, -0.25) is 9.69 Å². The van der Waals surface area contributed by atoms with Gasteiger partial charge >= 0.3 is 0 Å². The molecule has 1 unspecified atom stereocenters. The number of nitrogens with zero attached hydrogens (tertiary/aromatic N) is 2. The molecule has 1 atom stereocenters. The minimum Gasteiger partial charge on any atom is -0.385 e. The van der Waals surface area contributed by atoms with Crippen LogP contribution in [0.15, 0.2) is 30.3 Å². The number of methoxy groups -OCH3 is 1. The summed E-state index contributed by atoms with van der Waals surface area (Å²) in [5.41, 5.74) is 7.22. The Morgan fingerprint density at radius 1 is 1.24 bits per heavy atom. The van der Waals surface area contributed by atoms with Crippen molar-refractivity contribution < 1.29 is 9.53 Å². The Bertz CT molecular complexity index is 430. The highest BCUT2D eigenvalue weighted by Gasteiger charge is 2.24. The van der Waals surface area contributed by atoms with Crippen molar-refractivity contribution in [1.82, 2.24) is 9.80 Å². The molecule has 0 aromatic heterocycles. The van der Waals surface area contributed by atoms with E-state index in [2.05, 4.69) is 29.2 Å². The summed E-state index contributed by atoms with van der Waals surface area (Å²) in [7, 11) is 1.62. The van der Waals surface area contributed by atoms with E-state index in [1.54, 1.807) is 7.11 Å². The first-order chi connectivity index (χ1) is 10.2. The Hall–Kier alpha value is -1.43. The lowest BCUT2D eigenvalue weighted by Crippen LogP contribution is -2.53. The maximum absolute atomic E-state index is 12.2. The molecule has 21 heavy (non-hydrogen) atoms. The third-order valence-electron chi connectivity index (χ3n) is 3.88. The van der Waals surface area contributed by atoms with Gasteiger partial charge < -0.3 is 15.4 Å². The molecule has 116 valence electrons. The van der Waals surface area contributed by atoms with E-state index < -0.39 is 6.04 Å². The van der Waals surface area contributed by atoms with Crippen LogP contribution in [0.3, 0.4) is 0 Å². The molecule has 0 aliphatic carbocycles. The Labute approximate surface area is 126 Å². The summed E-state index contributed by atoms with van der Waals surface area (Å²) in [4.78, 5) is 16.4. The standard InChI is InChI=1S/C16H25N3O2/c1-21-12-7-15(17)16(20)19-10-8-18(9-11-19)13-14-5-3-2-4-6-14/h2-6,15H,7-13,17H2,1H3. The van der Waals surface area contributed by atoms with Gasteiger partial charge in [0, 0.05) is 46.4 Å². The van der Waals surface area contributed by atoms with Gasteiger partial charge in [-0.25, -0.2) is 0 Å². The van der Waals surface area contributed by atoms with E-state index in [-0.39, 0.29) is 5.91 Å². The SMILES string of the molecule is COCCC(N)C(=O)N1CCN(Cc2ccccc2)CC1. The number of ether oxygens (including phenoxy) is 1. The largest absolute Gasteiger partial charge is 0.385 e. The number of hydrogen-bond acceptors (Lipinski definition) is 4. The van der Waals surface area contributed by atoms with Crippen LogP contribution in [0.25, 0.3) is 0 Å². The molecular weight excluding hydrogens is 266 g/mol. The van der Waals surface area contributed by atoms with Crippen LogP contribution in [0.5, 0.6) is 0 Å². The molecule has 2 N–H and O–H groups in total. The van der Waals surface area contributed by atoms with Gasteiger partial charge in [0.1, 0.15) is 0 Å². The minimum absolute atomic E-state index is 0.0476. The molecule has 1 aliphatic heterocycles. The molecule has 0 saturated carbocycles. The normalized spacial score (nSPS) is 17.7. The lowest BCUT2D eigenvalue weighted by atomic mass is 10.1. The fourth-order valence-corrected chi connectivity index (χ4v) is 2.57. The highest BCUT2D eigenvalue weighted by atomic mass is 16.5. The van der Waals surface area contributed by atoms with E-state index in [0.717, 1.165) is 32.7 Å². The summed E-state index contributed by atoms with van der Waals surface area (Å²) >= 11 is 0. The Morgan fingerprint density at radius 3 is 2.52 bits per heavy atom. The van der Waals surface area contributed by atoms with Crippen molar-refractivity contribution in [3.8, 4) is 0 Å². The van der Waals surface area contributed by atoms with Crippen molar-refractivity contribution in [1.29, 1.82) is 0 Å². The summed E-state index contributed by atoms with van der Waals surface area (Å²) in [5, 5.41) is 0. The Kier molecular flexibility index (Phi) is 6.17. The first kappa shape index (κ1) is 15.9. The molecular formula is C16H25N3O2. The highest BCUT2D eigenvalue weighted by Crippen LogP contribution is 2.09. The number of hydrogen-bond donors (Lipinski definition) is 1. The van der Waals surface area contributed by atoms with Crippen LogP contribution < -0.4 is 5.73 Å². The average Bonchev–Trinajstić information content (AvgIpc) is 2.53. The number of nitrogens with two attached hydrogens (primary N) is 1. The van der Waals surface area contributed by atoms with Gasteiger partial charge in [-0.1, -0.05) is 30.3 Å². The number of carbonyl (C=O) groups excluding carboxylic acids is 1.